The standard InChI is InChI=1S/C20H12BrNO4S/c21-11-5-6-14-13(9-11)18(23)16-17(15-4-2-8-27-15)22(20(24)19(16)26-14)10-12-3-1-7-25-12/h1-9,17H,10H2. The molecule has 1 aliphatic heterocycles. The van der Waals surface area contributed by atoms with Crippen LogP contribution in [0.15, 0.2) is 72.2 Å². The maximum atomic E-state index is 13.3. The summed E-state index contributed by atoms with van der Waals surface area (Å²) >= 11 is 4.90. The van der Waals surface area contributed by atoms with E-state index < -0.39 is 6.04 Å². The molecule has 0 fully saturated rings. The summed E-state index contributed by atoms with van der Waals surface area (Å²) in [6, 6.07) is 12.1. The Morgan fingerprint density at radius 3 is 2.78 bits per heavy atom. The maximum absolute atomic E-state index is 13.3. The lowest BCUT2D eigenvalue weighted by molar-refractivity contribution is 0.0703. The second kappa shape index (κ2) is 6.21. The van der Waals surface area contributed by atoms with Gasteiger partial charge in [-0.25, -0.2) is 0 Å². The second-order valence-corrected chi connectivity index (χ2v) is 8.14. The quantitative estimate of drug-likeness (QED) is 0.450. The van der Waals surface area contributed by atoms with Crippen molar-refractivity contribution in [3.8, 4) is 0 Å². The summed E-state index contributed by atoms with van der Waals surface area (Å²) in [5.74, 6) is 0.457. The second-order valence-electron chi connectivity index (χ2n) is 6.24. The van der Waals surface area contributed by atoms with Gasteiger partial charge in [-0.1, -0.05) is 22.0 Å². The lowest BCUT2D eigenvalue weighted by Crippen LogP contribution is -2.28. The third kappa shape index (κ3) is 2.57. The van der Waals surface area contributed by atoms with Crippen LogP contribution in [0.3, 0.4) is 0 Å². The average Bonchev–Trinajstić information content (AvgIpc) is 3.40. The minimum atomic E-state index is -0.489. The zero-order valence-electron chi connectivity index (χ0n) is 13.8. The minimum absolute atomic E-state index is 0.111. The third-order valence-electron chi connectivity index (χ3n) is 4.65. The summed E-state index contributed by atoms with van der Waals surface area (Å²) in [6.07, 6.45) is 1.57. The van der Waals surface area contributed by atoms with Crippen molar-refractivity contribution in [1.29, 1.82) is 0 Å². The van der Waals surface area contributed by atoms with E-state index in [0.29, 0.717) is 22.3 Å². The molecule has 5 nitrogen and oxygen atoms in total. The molecule has 1 aromatic carbocycles. The molecule has 1 aliphatic rings. The largest absolute Gasteiger partial charge is 0.467 e. The van der Waals surface area contributed by atoms with E-state index in [-0.39, 0.29) is 23.6 Å². The zero-order valence-corrected chi connectivity index (χ0v) is 16.2. The molecule has 5 rings (SSSR count). The number of benzene rings is 1. The number of carbonyl (C=O) groups is 1. The van der Waals surface area contributed by atoms with Crippen molar-refractivity contribution in [2.75, 3.05) is 0 Å². The van der Waals surface area contributed by atoms with Gasteiger partial charge in [0.1, 0.15) is 17.4 Å². The highest BCUT2D eigenvalue weighted by molar-refractivity contribution is 9.10. The lowest BCUT2D eigenvalue weighted by atomic mass is 10.0. The molecule has 0 radical (unpaired) electrons. The smallest absolute Gasteiger partial charge is 0.291 e. The Labute approximate surface area is 166 Å². The van der Waals surface area contributed by atoms with Gasteiger partial charge in [0.15, 0.2) is 5.43 Å². The fraction of sp³-hybridized carbons (Fsp3) is 0.100. The van der Waals surface area contributed by atoms with Gasteiger partial charge in [-0.3, -0.25) is 9.59 Å². The number of halogens is 1. The highest BCUT2D eigenvalue weighted by Gasteiger charge is 2.43. The number of nitrogens with zero attached hydrogens (tertiary/aromatic N) is 1. The number of furan rings is 1. The first-order chi connectivity index (χ1) is 13.1. The number of thiophene rings is 1. The molecule has 4 aromatic rings. The number of fused-ring (bicyclic) bond motifs is 2. The van der Waals surface area contributed by atoms with Crippen LogP contribution in [-0.2, 0) is 6.54 Å². The fourth-order valence-electron chi connectivity index (χ4n) is 3.47. The predicted octanol–water partition coefficient (Wildman–Crippen LogP) is 4.96. The van der Waals surface area contributed by atoms with Crippen molar-refractivity contribution in [2.24, 2.45) is 0 Å². The normalized spacial score (nSPS) is 16.3. The molecule has 0 saturated carbocycles. The Kier molecular flexibility index (Phi) is 3.80. The molecule has 0 N–H and O–H groups in total. The predicted molar refractivity (Wildman–Crippen MR) is 105 cm³/mol. The molecule has 0 saturated heterocycles. The molecule has 27 heavy (non-hydrogen) atoms. The maximum Gasteiger partial charge on any atom is 0.291 e. The van der Waals surface area contributed by atoms with Gasteiger partial charge in [-0.05, 0) is 41.8 Å². The molecule has 4 heterocycles. The van der Waals surface area contributed by atoms with Crippen LogP contribution in [0.4, 0.5) is 0 Å². The van der Waals surface area contributed by atoms with Gasteiger partial charge in [0.25, 0.3) is 5.91 Å². The number of carbonyl (C=O) groups excluding carboxylic acids is 1. The molecule has 1 atom stereocenters. The van der Waals surface area contributed by atoms with Gasteiger partial charge in [0, 0.05) is 9.35 Å². The summed E-state index contributed by atoms with van der Waals surface area (Å²) in [4.78, 5) is 29.0. The highest BCUT2D eigenvalue weighted by Crippen LogP contribution is 2.40. The molecular formula is C20H12BrNO4S. The Hall–Kier alpha value is -2.64. The van der Waals surface area contributed by atoms with Crippen LogP contribution < -0.4 is 5.43 Å². The van der Waals surface area contributed by atoms with Crippen molar-refractivity contribution < 1.29 is 13.6 Å². The van der Waals surface area contributed by atoms with E-state index in [9.17, 15) is 9.59 Å². The van der Waals surface area contributed by atoms with Gasteiger partial charge in [0.2, 0.25) is 5.76 Å². The fourth-order valence-corrected chi connectivity index (χ4v) is 4.68. The van der Waals surface area contributed by atoms with Gasteiger partial charge in [-0.2, -0.15) is 0 Å². The first-order valence-corrected chi connectivity index (χ1v) is 9.94. The Balaban J connectivity index is 1.75. The van der Waals surface area contributed by atoms with Crippen molar-refractivity contribution >= 4 is 44.1 Å². The van der Waals surface area contributed by atoms with Gasteiger partial charge < -0.3 is 13.7 Å². The molecule has 1 unspecified atom stereocenters. The van der Waals surface area contributed by atoms with Crippen LogP contribution in [0.5, 0.6) is 0 Å². The van der Waals surface area contributed by atoms with E-state index in [1.54, 1.807) is 35.4 Å². The molecule has 0 aliphatic carbocycles. The zero-order chi connectivity index (χ0) is 18.5. The first kappa shape index (κ1) is 16.5. The van der Waals surface area contributed by atoms with Gasteiger partial charge >= 0.3 is 0 Å². The molecule has 134 valence electrons. The summed E-state index contributed by atoms with van der Waals surface area (Å²) in [6.45, 7) is 0.262. The van der Waals surface area contributed by atoms with Gasteiger partial charge in [-0.15, -0.1) is 11.3 Å². The van der Waals surface area contributed by atoms with E-state index in [0.717, 1.165) is 9.35 Å². The van der Waals surface area contributed by atoms with E-state index in [1.165, 1.54) is 11.3 Å². The monoisotopic (exact) mass is 441 g/mol. The van der Waals surface area contributed by atoms with Crippen LogP contribution in [0.1, 0.15) is 32.8 Å². The van der Waals surface area contributed by atoms with Crippen molar-refractivity contribution in [1.82, 2.24) is 4.90 Å². The van der Waals surface area contributed by atoms with Crippen LogP contribution >= 0.6 is 27.3 Å². The minimum Gasteiger partial charge on any atom is -0.467 e. The molecule has 1 amide bonds. The van der Waals surface area contributed by atoms with Crippen LogP contribution in [0.25, 0.3) is 11.0 Å². The van der Waals surface area contributed by atoms with Gasteiger partial charge in [0.05, 0.1) is 23.8 Å². The topological polar surface area (TPSA) is 63.7 Å². The van der Waals surface area contributed by atoms with E-state index in [4.69, 9.17) is 8.83 Å². The summed E-state index contributed by atoms with van der Waals surface area (Å²) in [5, 5.41) is 2.39. The van der Waals surface area contributed by atoms with Crippen molar-refractivity contribution in [3.63, 3.8) is 0 Å². The van der Waals surface area contributed by atoms with Crippen LogP contribution in [0.2, 0.25) is 0 Å². The number of hydrogen-bond acceptors (Lipinski definition) is 5. The third-order valence-corrected chi connectivity index (χ3v) is 6.06. The van der Waals surface area contributed by atoms with Crippen molar-refractivity contribution in [3.05, 3.63) is 90.8 Å². The van der Waals surface area contributed by atoms with Crippen LogP contribution in [-0.4, -0.2) is 10.8 Å². The Morgan fingerprint density at radius 1 is 1.15 bits per heavy atom. The van der Waals surface area contributed by atoms with Crippen LogP contribution in [0, 0.1) is 0 Å². The molecule has 7 heteroatoms. The molecule has 0 bridgehead atoms. The van der Waals surface area contributed by atoms with E-state index in [1.807, 2.05) is 23.6 Å². The summed E-state index contributed by atoms with van der Waals surface area (Å²) < 4.78 is 12.1. The Bertz CT molecular complexity index is 1210. The number of hydrogen-bond donors (Lipinski definition) is 0. The summed E-state index contributed by atoms with van der Waals surface area (Å²) in [7, 11) is 0. The highest BCUT2D eigenvalue weighted by atomic mass is 79.9. The first-order valence-electron chi connectivity index (χ1n) is 8.26. The number of amides is 1. The average molecular weight is 442 g/mol. The molecule has 3 aromatic heterocycles. The molecular weight excluding hydrogens is 430 g/mol. The van der Waals surface area contributed by atoms with E-state index >= 15 is 0 Å². The SMILES string of the molecule is O=C1c2oc3ccc(Br)cc3c(=O)c2C(c2cccs2)N1Cc1ccco1. The number of rotatable bonds is 3. The Morgan fingerprint density at radius 2 is 2.04 bits per heavy atom. The van der Waals surface area contributed by atoms with Crippen molar-refractivity contribution in [2.45, 2.75) is 12.6 Å². The van der Waals surface area contributed by atoms with E-state index in [2.05, 4.69) is 15.9 Å². The molecule has 0 spiro atoms. The summed E-state index contributed by atoms with van der Waals surface area (Å²) in [5.41, 5.74) is 0.612. The lowest BCUT2D eigenvalue weighted by Gasteiger charge is -2.22.